The zero-order valence-electron chi connectivity index (χ0n) is 15.0. The highest BCUT2D eigenvalue weighted by atomic mass is 32.1. The van der Waals surface area contributed by atoms with Gasteiger partial charge in [0.2, 0.25) is 0 Å². The Kier molecular flexibility index (Phi) is 5.33. The summed E-state index contributed by atoms with van der Waals surface area (Å²) < 4.78 is 5.77. The van der Waals surface area contributed by atoms with Crippen molar-refractivity contribution in [3.05, 3.63) is 64.6 Å². The Hall–Kier alpha value is -2.48. The van der Waals surface area contributed by atoms with Gasteiger partial charge in [0.05, 0.1) is 29.5 Å². The summed E-state index contributed by atoms with van der Waals surface area (Å²) >= 11 is 1.37. The van der Waals surface area contributed by atoms with Crippen molar-refractivity contribution in [2.45, 2.75) is 19.4 Å². The summed E-state index contributed by atoms with van der Waals surface area (Å²) in [5.41, 5.74) is 3.55. The number of carbonyl (C=O) groups excluding carboxylic acids is 1. The van der Waals surface area contributed by atoms with Crippen LogP contribution in [0.2, 0.25) is 0 Å². The minimum absolute atomic E-state index is 0.0727. The van der Waals surface area contributed by atoms with Crippen LogP contribution in [0.25, 0.3) is 10.7 Å². The molecule has 27 heavy (non-hydrogen) atoms. The molecule has 1 aliphatic heterocycles. The molecule has 0 saturated carbocycles. The van der Waals surface area contributed by atoms with E-state index in [1.165, 1.54) is 11.3 Å². The summed E-state index contributed by atoms with van der Waals surface area (Å²) in [6.07, 6.45) is 5.34. The Labute approximate surface area is 161 Å². The molecule has 3 aromatic rings. The van der Waals surface area contributed by atoms with Gasteiger partial charge in [0.15, 0.2) is 5.78 Å². The number of morpholine rings is 1. The van der Waals surface area contributed by atoms with Crippen LogP contribution in [-0.4, -0.2) is 40.4 Å². The number of aryl methyl sites for hydroxylation is 1. The summed E-state index contributed by atoms with van der Waals surface area (Å²) in [6, 6.07) is 8.10. The molecule has 1 atom stereocenters. The first-order chi connectivity index (χ1) is 13.2. The Balaban J connectivity index is 1.47. The molecule has 138 valence electrons. The largest absolute Gasteiger partial charge is 0.371 e. The minimum Gasteiger partial charge on any atom is -0.371 e. The van der Waals surface area contributed by atoms with Gasteiger partial charge in [-0.3, -0.25) is 14.8 Å². The van der Waals surface area contributed by atoms with E-state index in [4.69, 9.17) is 4.74 Å². The molecule has 1 aliphatic rings. The number of ether oxygens (including phenoxy) is 1. The minimum atomic E-state index is 0.0727. The highest BCUT2D eigenvalue weighted by molar-refractivity contribution is 7.17. The highest BCUT2D eigenvalue weighted by Crippen LogP contribution is 2.27. The second kappa shape index (κ2) is 8.04. The van der Waals surface area contributed by atoms with Crippen LogP contribution in [-0.2, 0) is 11.2 Å². The summed E-state index contributed by atoms with van der Waals surface area (Å²) in [5.74, 6) is 0.0727. The van der Waals surface area contributed by atoms with E-state index in [0.717, 1.165) is 41.5 Å². The fourth-order valence-electron chi connectivity index (χ4n) is 3.07. The number of thiazole rings is 1. The van der Waals surface area contributed by atoms with Gasteiger partial charge < -0.3 is 10.1 Å². The van der Waals surface area contributed by atoms with E-state index < -0.39 is 0 Å². The van der Waals surface area contributed by atoms with Gasteiger partial charge >= 0.3 is 0 Å². The van der Waals surface area contributed by atoms with Crippen LogP contribution < -0.4 is 5.32 Å². The Morgan fingerprint density at radius 2 is 2.15 bits per heavy atom. The van der Waals surface area contributed by atoms with Crippen LogP contribution in [0.1, 0.15) is 32.6 Å². The van der Waals surface area contributed by atoms with Gasteiger partial charge in [-0.1, -0.05) is 24.3 Å². The first kappa shape index (κ1) is 17.9. The third kappa shape index (κ3) is 4.10. The van der Waals surface area contributed by atoms with Crippen molar-refractivity contribution in [3.63, 3.8) is 0 Å². The van der Waals surface area contributed by atoms with E-state index in [1.54, 1.807) is 18.6 Å². The number of rotatable bonds is 5. The Morgan fingerprint density at radius 3 is 2.85 bits per heavy atom. The fraction of sp³-hybridized carbons (Fsp3) is 0.300. The topological polar surface area (TPSA) is 77.0 Å². The molecule has 4 rings (SSSR count). The molecule has 1 aromatic carbocycles. The molecule has 1 N–H and O–H groups in total. The van der Waals surface area contributed by atoms with Crippen LogP contribution in [0.4, 0.5) is 0 Å². The van der Waals surface area contributed by atoms with Crippen LogP contribution >= 0.6 is 11.3 Å². The van der Waals surface area contributed by atoms with Crippen molar-refractivity contribution in [1.82, 2.24) is 20.3 Å². The molecule has 0 amide bonds. The molecule has 2 aromatic heterocycles. The van der Waals surface area contributed by atoms with Gasteiger partial charge in [0.25, 0.3) is 0 Å². The predicted octanol–water partition coefficient (Wildman–Crippen LogP) is 2.99. The number of nitrogens with zero attached hydrogens (tertiary/aromatic N) is 3. The number of carbonyl (C=O) groups is 1. The Morgan fingerprint density at radius 1 is 1.30 bits per heavy atom. The average molecular weight is 380 g/mol. The van der Waals surface area contributed by atoms with E-state index in [0.29, 0.717) is 17.0 Å². The SMILES string of the molecule is Cc1nc(-c2cnccn2)sc1C(=O)Cc1ccc(C2CNCCO2)cc1. The molecule has 0 bridgehead atoms. The van der Waals surface area contributed by atoms with E-state index in [2.05, 4.69) is 20.3 Å². The van der Waals surface area contributed by atoms with E-state index in [1.807, 2.05) is 31.2 Å². The highest BCUT2D eigenvalue weighted by Gasteiger charge is 2.18. The standard InChI is InChI=1S/C20H20N4O2S/c1-13-19(27-20(24-13)16-11-21-6-7-23-16)17(25)10-14-2-4-15(5-3-14)18-12-22-8-9-26-18/h2-7,11,18,22H,8-10,12H2,1H3. The molecule has 1 fully saturated rings. The quantitative estimate of drug-likeness (QED) is 0.686. The monoisotopic (exact) mass is 380 g/mol. The summed E-state index contributed by atoms with van der Waals surface area (Å²) in [4.78, 5) is 26.3. The summed E-state index contributed by atoms with van der Waals surface area (Å²) in [5, 5.41) is 4.05. The zero-order chi connectivity index (χ0) is 18.6. The normalized spacial score (nSPS) is 17.0. The lowest BCUT2D eigenvalue weighted by Crippen LogP contribution is -2.33. The second-order valence-corrected chi connectivity index (χ2v) is 7.43. The van der Waals surface area contributed by atoms with Crippen molar-refractivity contribution in [3.8, 4) is 10.7 Å². The predicted molar refractivity (Wildman–Crippen MR) is 104 cm³/mol. The van der Waals surface area contributed by atoms with Crippen molar-refractivity contribution >= 4 is 17.1 Å². The maximum Gasteiger partial charge on any atom is 0.179 e. The van der Waals surface area contributed by atoms with Gasteiger partial charge in [-0.15, -0.1) is 11.3 Å². The molecule has 7 heteroatoms. The second-order valence-electron chi connectivity index (χ2n) is 6.43. The lowest BCUT2D eigenvalue weighted by atomic mass is 10.0. The maximum absolute atomic E-state index is 12.8. The molecule has 0 aliphatic carbocycles. The third-order valence-corrected chi connectivity index (χ3v) is 5.70. The zero-order valence-corrected chi connectivity index (χ0v) is 15.8. The average Bonchev–Trinajstić information content (AvgIpc) is 3.12. The van der Waals surface area contributed by atoms with Crippen molar-refractivity contribution in [1.29, 1.82) is 0 Å². The van der Waals surface area contributed by atoms with E-state index in [-0.39, 0.29) is 11.9 Å². The van der Waals surface area contributed by atoms with E-state index in [9.17, 15) is 4.79 Å². The maximum atomic E-state index is 12.8. The van der Waals surface area contributed by atoms with Crippen LogP contribution in [0, 0.1) is 6.92 Å². The van der Waals surface area contributed by atoms with Gasteiger partial charge in [-0.25, -0.2) is 4.98 Å². The van der Waals surface area contributed by atoms with Crippen LogP contribution in [0.3, 0.4) is 0 Å². The molecule has 6 nitrogen and oxygen atoms in total. The van der Waals surface area contributed by atoms with Gasteiger partial charge in [-0.05, 0) is 18.1 Å². The van der Waals surface area contributed by atoms with Gasteiger partial charge in [-0.2, -0.15) is 0 Å². The molecule has 0 radical (unpaired) electrons. The number of aromatic nitrogens is 3. The molecular formula is C20H20N4O2S. The third-order valence-electron chi connectivity index (χ3n) is 4.48. The number of benzene rings is 1. The molecule has 0 spiro atoms. The van der Waals surface area contributed by atoms with Crippen molar-refractivity contribution in [2.75, 3.05) is 19.7 Å². The summed E-state index contributed by atoms with van der Waals surface area (Å²) in [7, 11) is 0. The van der Waals surface area contributed by atoms with Crippen LogP contribution in [0.15, 0.2) is 42.9 Å². The number of Topliss-reactive ketones (excluding diaryl/α,β-unsaturated/α-hetero) is 1. The van der Waals surface area contributed by atoms with Crippen molar-refractivity contribution < 1.29 is 9.53 Å². The number of hydrogen-bond donors (Lipinski definition) is 1. The van der Waals surface area contributed by atoms with Crippen LogP contribution in [0.5, 0.6) is 0 Å². The number of nitrogens with one attached hydrogen (secondary N) is 1. The van der Waals surface area contributed by atoms with Crippen molar-refractivity contribution in [2.24, 2.45) is 0 Å². The Bertz CT molecular complexity index is 919. The number of ketones is 1. The lowest BCUT2D eigenvalue weighted by molar-refractivity contribution is 0.0277. The fourth-order valence-corrected chi connectivity index (χ4v) is 4.03. The number of hydrogen-bond acceptors (Lipinski definition) is 7. The van der Waals surface area contributed by atoms with Gasteiger partial charge in [0, 0.05) is 31.9 Å². The first-order valence-corrected chi connectivity index (χ1v) is 9.70. The molecular weight excluding hydrogens is 360 g/mol. The summed E-state index contributed by atoms with van der Waals surface area (Å²) in [6.45, 7) is 4.31. The first-order valence-electron chi connectivity index (χ1n) is 8.89. The molecule has 1 unspecified atom stereocenters. The molecule has 3 heterocycles. The smallest absolute Gasteiger partial charge is 0.179 e. The lowest BCUT2D eigenvalue weighted by Gasteiger charge is -2.24. The van der Waals surface area contributed by atoms with E-state index >= 15 is 0 Å². The molecule has 1 saturated heterocycles. The van der Waals surface area contributed by atoms with Gasteiger partial charge in [0.1, 0.15) is 10.7 Å².